The fraction of sp³-hybridized carbons (Fsp3) is 0.193. The fourth-order valence-corrected chi connectivity index (χ4v) is 7.61. The zero-order valence-corrected chi connectivity index (χ0v) is 35.8. The van der Waals surface area contributed by atoms with Crippen molar-refractivity contribution in [1.29, 1.82) is 5.41 Å². The third kappa shape index (κ3) is 11.6. The van der Waals surface area contributed by atoms with Gasteiger partial charge in [-0.2, -0.15) is 0 Å². The van der Waals surface area contributed by atoms with Crippen molar-refractivity contribution < 1.29 is 0 Å². The molecular formula is C57H60N2. The molecule has 0 bridgehead atoms. The van der Waals surface area contributed by atoms with Gasteiger partial charge in [-0.15, -0.1) is 5.73 Å². The minimum Gasteiger partial charge on any atom is -0.337 e. The van der Waals surface area contributed by atoms with Crippen LogP contribution in [-0.4, -0.2) is 12.3 Å². The summed E-state index contributed by atoms with van der Waals surface area (Å²) in [5.74, 6) is 0. The molecule has 1 heterocycles. The number of rotatable bonds is 16. The first-order chi connectivity index (χ1) is 28.7. The summed E-state index contributed by atoms with van der Waals surface area (Å²) in [6.45, 7) is 24.1. The van der Waals surface area contributed by atoms with Crippen molar-refractivity contribution in [2.24, 2.45) is 0 Å². The Hall–Kier alpha value is -6.47. The quantitative estimate of drug-likeness (QED) is 0.0685. The van der Waals surface area contributed by atoms with E-state index in [0.717, 1.165) is 61.0 Å². The van der Waals surface area contributed by atoms with Crippen LogP contribution in [0.4, 0.5) is 11.4 Å². The van der Waals surface area contributed by atoms with Crippen LogP contribution in [0.1, 0.15) is 82.6 Å². The summed E-state index contributed by atoms with van der Waals surface area (Å²) >= 11 is 0. The van der Waals surface area contributed by atoms with Crippen LogP contribution >= 0.6 is 0 Å². The lowest BCUT2D eigenvalue weighted by molar-refractivity contribution is 0.914. The monoisotopic (exact) mass is 772 g/mol. The molecule has 0 atom stereocenters. The van der Waals surface area contributed by atoms with Gasteiger partial charge in [0.15, 0.2) is 0 Å². The molecule has 0 aliphatic carbocycles. The molecule has 0 radical (unpaired) electrons. The Kier molecular flexibility index (Phi) is 16.2. The highest BCUT2D eigenvalue weighted by Gasteiger charge is 2.19. The van der Waals surface area contributed by atoms with E-state index >= 15 is 0 Å². The third-order valence-electron chi connectivity index (χ3n) is 10.8. The molecule has 1 aliphatic rings. The lowest BCUT2D eigenvalue weighted by Gasteiger charge is -2.28. The Labute approximate surface area is 354 Å². The molecule has 0 unspecified atom stereocenters. The van der Waals surface area contributed by atoms with Crippen LogP contribution in [0.2, 0.25) is 0 Å². The van der Waals surface area contributed by atoms with Crippen LogP contribution in [0.15, 0.2) is 211 Å². The van der Waals surface area contributed by atoms with Crippen molar-refractivity contribution in [2.45, 2.75) is 66.7 Å². The summed E-state index contributed by atoms with van der Waals surface area (Å²) in [7, 11) is 0. The molecule has 59 heavy (non-hydrogen) atoms. The summed E-state index contributed by atoms with van der Waals surface area (Å²) in [4.78, 5) is 2.43. The minimum atomic E-state index is 0.435. The Morgan fingerprint density at radius 2 is 1.61 bits per heavy atom. The van der Waals surface area contributed by atoms with Crippen molar-refractivity contribution in [2.75, 3.05) is 11.4 Å². The normalized spacial score (nSPS) is 15.0. The number of fused-ring (bicyclic) bond motifs is 1. The van der Waals surface area contributed by atoms with Crippen molar-refractivity contribution in [3.8, 4) is 11.1 Å². The van der Waals surface area contributed by atoms with E-state index in [9.17, 15) is 0 Å². The SMILES string of the molecule is C=C=C(/C=C(\C)C/C(C)=C(C)/C=C\CC(/C=C\C=C)=C(/CC)c1ccc(N2C/C=C\C=C/C(=C)c3cc(-c4ccccc4)ccc32)cc1CCC)C(=N)c1ccccc1. The standard InChI is InChI=1S/C57H60N2/c1-9-13-27-48(32-23-26-43(6)45(8)38-42(5)39-46(11-3)57(58)49-30-20-15-21-31-49)53(12-4)54-35-34-52(40-51(54)24-10-2)59-37-22-16-17-25-44(7)55-41-50(33-36-56(55)59)47-28-18-14-19-29-47/h9,13-23,25-31,33-36,39-41,58H,1,3,7,10,12,24,32,37-38H2,2,4-6,8H3/b22-16-,25-17-,26-23-,27-13-,42-39+,45-43+,53-48-,58-57?. The van der Waals surface area contributed by atoms with Gasteiger partial charge in [0, 0.05) is 34.6 Å². The molecule has 4 aromatic carbocycles. The van der Waals surface area contributed by atoms with Crippen LogP contribution < -0.4 is 4.90 Å². The molecule has 0 fully saturated rings. The zero-order valence-electron chi connectivity index (χ0n) is 35.8. The topological polar surface area (TPSA) is 27.1 Å². The highest BCUT2D eigenvalue weighted by Crippen LogP contribution is 2.39. The van der Waals surface area contributed by atoms with Gasteiger partial charge in [0.25, 0.3) is 0 Å². The maximum Gasteiger partial charge on any atom is 0.0761 e. The number of anilines is 2. The van der Waals surface area contributed by atoms with Crippen LogP contribution in [0.5, 0.6) is 0 Å². The van der Waals surface area contributed by atoms with E-state index in [1.54, 1.807) is 0 Å². The summed E-state index contributed by atoms with van der Waals surface area (Å²) in [6, 6.07) is 34.2. The van der Waals surface area contributed by atoms with E-state index in [2.05, 4.69) is 180 Å². The minimum absolute atomic E-state index is 0.435. The van der Waals surface area contributed by atoms with Crippen molar-refractivity contribution in [3.05, 3.63) is 233 Å². The van der Waals surface area contributed by atoms with E-state index in [1.807, 2.05) is 42.5 Å². The largest absolute Gasteiger partial charge is 0.337 e. The van der Waals surface area contributed by atoms with Crippen molar-refractivity contribution >= 4 is 28.2 Å². The molecular weight excluding hydrogens is 713 g/mol. The van der Waals surface area contributed by atoms with E-state index in [0.29, 0.717) is 11.3 Å². The fourth-order valence-electron chi connectivity index (χ4n) is 7.61. The second-order valence-electron chi connectivity index (χ2n) is 15.1. The van der Waals surface area contributed by atoms with E-state index in [-0.39, 0.29) is 0 Å². The van der Waals surface area contributed by atoms with Gasteiger partial charge in [-0.25, -0.2) is 0 Å². The molecule has 5 rings (SSSR count). The van der Waals surface area contributed by atoms with Gasteiger partial charge in [-0.05, 0) is 116 Å². The van der Waals surface area contributed by atoms with Gasteiger partial charge in [0.05, 0.1) is 5.71 Å². The number of hydrogen-bond acceptors (Lipinski definition) is 2. The highest BCUT2D eigenvalue weighted by atomic mass is 15.1. The number of nitrogens with one attached hydrogen (secondary N) is 1. The summed E-state index contributed by atoms with van der Waals surface area (Å²) in [5.41, 5.74) is 20.9. The summed E-state index contributed by atoms with van der Waals surface area (Å²) in [5, 5.41) is 8.69. The molecule has 0 saturated carbocycles. The predicted molar refractivity (Wildman–Crippen MR) is 260 cm³/mol. The van der Waals surface area contributed by atoms with Gasteiger partial charge < -0.3 is 4.90 Å². The van der Waals surface area contributed by atoms with Gasteiger partial charge in [-0.1, -0.05) is 184 Å². The van der Waals surface area contributed by atoms with E-state index in [4.69, 9.17) is 5.41 Å². The molecule has 4 aromatic rings. The first kappa shape index (κ1) is 43.6. The first-order valence-electron chi connectivity index (χ1n) is 20.9. The second-order valence-corrected chi connectivity index (χ2v) is 15.1. The Bertz CT molecular complexity index is 2410. The van der Waals surface area contributed by atoms with E-state index < -0.39 is 0 Å². The maximum absolute atomic E-state index is 8.69. The molecule has 2 heteroatoms. The Morgan fingerprint density at radius 3 is 2.31 bits per heavy atom. The van der Waals surface area contributed by atoms with E-state index in [1.165, 1.54) is 55.8 Å². The lowest BCUT2D eigenvalue weighted by Crippen LogP contribution is -2.18. The number of hydrogen-bond donors (Lipinski definition) is 1. The van der Waals surface area contributed by atoms with Gasteiger partial charge in [-0.3, -0.25) is 5.41 Å². The Morgan fingerprint density at radius 1 is 0.864 bits per heavy atom. The average molecular weight is 773 g/mol. The van der Waals surface area contributed by atoms with Crippen molar-refractivity contribution in [3.63, 3.8) is 0 Å². The second kappa shape index (κ2) is 21.9. The van der Waals surface area contributed by atoms with Gasteiger partial charge >= 0.3 is 0 Å². The smallest absolute Gasteiger partial charge is 0.0761 e. The van der Waals surface area contributed by atoms with Crippen LogP contribution in [-0.2, 0) is 6.42 Å². The van der Waals surface area contributed by atoms with Gasteiger partial charge in [0.1, 0.15) is 0 Å². The highest BCUT2D eigenvalue weighted by molar-refractivity contribution is 6.12. The molecule has 0 saturated heterocycles. The third-order valence-corrected chi connectivity index (χ3v) is 10.8. The van der Waals surface area contributed by atoms with Crippen LogP contribution in [0.25, 0.3) is 22.3 Å². The summed E-state index contributed by atoms with van der Waals surface area (Å²) in [6.07, 6.45) is 25.9. The molecule has 2 nitrogen and oxygen atoms in total. The number of benzene rings is 4. The molecule has 0 aromatic heterocycles. The first-order valence-corrected chi connectivity index (χ1v) is 20.9. The summed E-state index contributed by atoms with van der Waals surface area (Å²) < 4.78 is 0. The lowest BCUT2D eigenvalue weighted by atomic mass is 9.89. The molecule has 1 aliphatic heterocycles. The predicted octanol–water partition coefficient (Wildman–Crippen LogP) is 15.9. The number of allylic oxidation sites excluding steroid dienone is 16. The molecule has 298 valence electrons. The Balaban J connectivity index is 1.45. The molecule has 0 spiro atoms. The molecule has 1 N–H and O–H groups in total. The number of nitrogens with zero attached hydrogens (tertiary/aromatic N) is 1. The van der Waals surface area contributed by atoms with Gasteiger partial charge in [0.2, 0.25) is 0 Å². The van der Waals surface area contributed by atoms with Crippen LogP contribution in [0, 0.1) is 5.41 Å². The maximum atomic E-state index is 8.69. The number of aryl methyl sites for hydroxylation is 1. The average Bonchev–Trinajstić information content (AvgIpc) is 3.34. The van der Waals surface area contributed by atoms with Crippen LogP contribution in [0.3, 0.4) is 0 Å². The molecule has 0 amide bonds. The zero-order chi connectivity index (χ0) is 42.1. The van der Waals surface area contributed by atoms with Crippen molar-refractivity contribution in [1.82, 2.24) is 0 Å².